The van der Waals surface area contributed by atoms with E-state index in [1.165, 1.54) is 0 Å². The number of hydrogen-bond acceptors (Lipinski definition) is 2. The Bertz CT molecular complexity index is 821. The third kappa shape index (κ3) is 2.60. The molecule has 3 rings (SSSR count). The molecule has 1 amide bonds. The van der Waals surface area contributed by atoms with E-state index in [-0.39, 0.29) is 5.91 Å². The molecule has 22 heavy (non-hydrogen) atoms. The van der Waals surface area contributed by atoms with Crippen molar-refractivity contribution in [2.75, 3.05) is 7.05 Å². The number of H-pyrrole nitrogens is 1. The van der Waals surface area contributed by atoms with Gasteiger partial charge in [0.2, 0.25) is 0 Å². The van der Waals surface area contributed by atoms with Crippen LogP contribution in [-0.4, -0.2) is 32.4 Å². The Morgan fingerprint density at radius 3 is 2.86 bits per heavy atom. The Hall–Kier alpha value is -2.27. The van der Waals surface area contributed by atoms with Crippen molar-refractivity contribution in [3.63, 3.8) is 0 Å². The minimum Gasteiger partial charge on any atom is -0.356 e. The number of para-hydroxylation sites is 2. The summed E-state index contributed by atoms with van der Waals surface area (Å²) >= 11 is 5.85. The van der Waals surface area contributed by atoms with Gasteiger partial charge in [0.05, 0.1) is 22.6 Å². The number of nitrogens with one attached hydrogen (secondary N) is 1. The zero-order valence-electron chi connectivity index (χ0n) is 12.5. The molecule has 6 heteroatoms. The van der Waals surface area contributed by atoms with Crippen LogP contribution in [0.3, 0.4) is 0 Å². The number of benzene rings is 1. The van der Waals surface area contributed by atoms with E-state index in [1.54, 1.807) is 24.2 Å². The van der Waals surface area contributed by atoms with Gasteiger partial charge in [-0.05, 0) is 25.1 Å². The highest BCUT2D eigenvalue weighted by Crippen LogP contribution is 2.18. The molecule has 0 atom stereocenters. The average molecular weight is 317 g/mol. The van der Waals surface area contributed by atoms with Crippen molar-refractivity contribution in [3.05, 3.63) is 53.1 Å². The van der Waals surface area contributed by atoms with Crippen LogP contribution >= 0.6 is 11.6 Å². The van der Waals surface area contributed by atoms with Crippen LogP contribution in [0.15, 0.2) is 36.5 Å². The van der Waals surface area contributed by atoms with Crippen LogP contribution in [0.1, 0.15) is 23.2 Å². The Kier molecular flexibility index (Phi) is 3.90. The number of carbonyl (C=O) groups excluding carboxylic acids is 1. The van der Waals surface area contributed by atoms with Crippen LogP contribution < -0.4 is 0 Å². The molecule has 0 saturated heterocycles. The maximum Gasteiger partial charge on any atom is 0.270 e. The van der Waals surface area contributed by atoms with Crippen molar-refractivity contribution in [1.29, 1.82) is 0 Å². The number of hydrogen-bond donors (Lipinski definition) is 1. The van der Waals surface area contributed by atoms with E-state index in [4.69, 9.17) is 11.6 Å². The second-order valence-corrected chi connectivity index (χ2v) is 5.59. The highest BCUT2D eigenvalue weighted by atomic mass is 35.5. The van der Waals surface area contributed by atoms with Gasteiger partial charge in [-0.25, -0.2) is 4.98 Å². The number of aryl methyl sites for hydroxylation is 1. The molecule has 0 radical (unpaired) electrons. The fraction of sp³-hybridized carbons (Fsp3) is 0.250. The molecule has 1 N–H and O–H groups in total. The van der Waals surface area contributed by atoms with Crippen molar-refractivity contribution in [3.8, 4) is 0 Å². The highest BCUT2D eigenvalue weighted by molar-refractivity contribution is 6.30. The molecule has 0 fully saturated rings. The number of halogens is 1. The fourth-order valence-electron chi connectivity index (χ4n) is 2.58. The molecular weight excluding hydrogens is 300 g/mol. The summed E-state index contributed by atoms with van der Waals surface area (Å²) in [5, 5.41) is 0.526. The molecule has 0 aliphatic carbocycles. The molecule has 0 bridgehead atoms. The van der Waals surface area contributed by atoms with Crippen LogP contribution in [0.5, 0.6) is 0 Å². The number of amides is 1. The quantitative estimate of drug-likeness (QED) is 0.803. The summed E-state index contributed by atoms with van der Waals surface area (Å²) in [6, 6.07) is 9.62. The lowest BCUT2D eigenvalue weighted by Crippen LogP contribution is -2.28. The molecule has 5 nitrogen and oxygen atoms in total. The number of imidazole rings is 1. The molecule has 2 heterocycles. The van der Waals surface area contributed by atoms with E-state index >= 15 is 0 Å². The van der Waals surface area contributed by atoms with Gasteiger partial charge in [-0.1, -0.05) is 23.7 Å². The maximum absolute atomic E-state index is 12.4. The SMILES string of the molecule is CCn1c(CN(C)C(=O)c2cc(Cl)c[nH]2)nc2ccccc21. The minimum absolute atomic E-state index is 0.110. The van der Waals surface area contributed by atoms with Gasteiger partial charge in [0.25, 0.3) is 5.91 Å². The van der Waals surface area contributed by atoms with Crippen LogP contribution in [0.25, 0.3) is 11.0 Å². The van der Waals surface area contributed by atoms with Crippen LogP contribution in [0.4, 0.5) is 0 Å². The monoisotopic (exact) mass is 316 g/mol. The number of carbonyl (C=O) groups is 1. The molecule has 0 aliphatic rings. The molecule has 1 aromatic carbocycles. The first-order valence-corrected chi connectivity index (χ1v) is 7.51. The molecule has 2 aromatic heterocycles. The van der Waals surface area contributed by atoms with E-state index in [0.717, 1.165) is 23.4 Å². The summed E-state index contributed by atoms with van der Waals surface area (Å²) in [6.45, 7) is 3.33. The standard InChI is InChI=1S/C16H17ClN4O/c1-3-21-14-7-5-4-6-12(14)19-15(21)10-20(2)16(22)13-8-11(17)9-18-13/h4-9,18H,3,10H2,1-2H3. The van der Waals surface area contributed by atoms with Crippen LogP contribution in [0.2, 0.25) is 5.02 Å². The third-order valence-corrected chi connectivity index (χ3v) is 3.87. The van der Waals surface area contributed by atoms with E-state index in [2.05, 4.69) is 21.5 Å². The zero-order valence-corrected chi connectivity index (χ0v) is 13.3. The largest absolute Gasteiger partial charge is 0.356 e. The van der Waals surface area contributed by atoms with Gasteiger partial charge < -0.3 is 14.5 Å². The lowest BCUT2D eigenvalue weighted by Gasteiger charge is -2.16. The predicted molar refractivity (Wildman–Crippen MR) is 87.0 cm³/mol. The molecule has 0 saturated carbocycles. The van der Waals surface area contributed by atoms with Crippen molar-refractivity contribution in [2.24, 2.45) is 0 Å². The van der Waals surface area contributed by atoms with Gasteiger partial charge in [0.15, 0.2) is 0 Å². The Morgan fingerprint density at radius 2 is 2.18 bits per heavy atom. The summed E-state index contributed by atoms with van der Waals surface area (Å²) in [4.78, 5) is 21.5. The molecule has 0 unspecified atom stereocenters. The third-order valence-electron chi connectivity index (χ3n) is 3.65. The summed E-state index contributed by atoms with van der Waals surface area (Å²) in [5.74, 6) is 0.763. The summed E-state index contributed by atoms with van der Waals surface area (Å²) in [5.41, 5.74) is 2.51. The van der Waals surface area contributed by atoms with Gasteiger partial charge in [-0.15, -0.1) is 0 Å². The van der Waals surface area contributed by atoms with Crippen molar-refractivity contribution in [2.45, 2.75) is 20.0 Å². The first-order chi connectivity index (χ1) is 10.6. The van der Waals surface area contributed by atoms with Crippen molar-refractivity contribution >= 4 is 28.5 Å². The minimum atomic E-state index is -0.110. The number of aromatic amines is 1. The molecule has 0 aliphatic heterocycles. The molecule has 114 valence electrons. The lowest BCUT2D eigenvalue weighted by molar-refractivity contribution is 0.0775. The van der Waals surface area contributed by atoms with Crippen LogP contribution in [0, 0.1) is 0 Å². The molecule has 3 aromatic rings. The van der Waals surface area contributed by atoms with E-state index in [1.807, 2.05) is 24.3 Å². The number of nitrogens with zero attached hydrogens (tertiary/aromatic N) is 3. The van der Waals surface area contributed by atoms with Gasteiger partial charge in [0, 0.05) is 19.8 Å². The zero-order chi connectivity index (χ0) is 15.7. The maximum atomic E-state index is 12.4. The van der Waals surface area contributed by atoms with E-state index in [0.29, 0.717) is 17.3 Å². The van der Waals surface area contributed by atoms with Gasteiger partial charge in [-0.2, -0.15) is 0 Å². The summed E-state index contributed by atoms with van der Waals surface area (Å²) in [6.07, 6.45) is 1.60. The van der Waals surface area contributed by atoms with E-state index in [9.17, 15) is 4.79 Å². The smallest absolute Gasteiger partial charge is 0.270 e. The van der Waals surface area contributed by atoms with Gasteiger partial charge in [0.1, 0.15) is 11.5 Å². The summed E-state index contributed by atoms with van der Waals surface area (Å²) in [7, 11) is 1.76. The topological polar surface area (TPSA) is 53.9 Å². The van der Waals surface area contributed by atoms with Crippen molar-refractivity contribution < 1.29 is 4.79 Å². The van der Waals surface area contributed by atoms with Gasteiger partial charge >= 0.3 is 0 Å². The predicted octanol–water partition coefficient (Wildman–Crippen LogP) is 3.31. The van der Waals surface area contributed by atoms with E-state index < -0.39 is 0 Å². The average Bonchev–Trinajstić information content (AvgIpc) is 3.09. The number of rotatable bonds is 4. The molecule has 0 spiro atoms. The van der Waals surface area contributed by atoms with Crippen molar-refractivity contribution in [1.82, 2.24) is 19.4 Å². The first-order valence-electron chi connectivity index (χ1n) is 7.13. The Morgan fingerprint density at radius 1 is 1.41 bits per heavy atom. The number of aromatic nitrogens is 3. The highest BCUT2D eigenvalue weighted by Gasteiger charge is 2.17. The Balaban J connectivity index is 1.87. The summed E-state index contributed by atoms with van der Waals surface area (Å²) < 4.78 is 2.13. The normalized spacial score (nSPS) is 11.0. The lowest BCUT2D eigenvalue weighted by atomic mass is 10.3. The fourth-order valence-corrected chi connectivity index (χ4v) is 2.74. The molecular formula is C16H17ClN4O. The number of fused-ring (bicyclic) bond motifs is 1. The second-order valence-electron chi connectivity index (χ2n) is 5.15. The first kappa shape index (κ1) is 14.7. The Labute approximate surface area is 133 Å². The van der Waals surface area contributed by atoms with Gasteiger partial charge in [-0.3, -0.25) is 4.79 Å². The second kappa shape index (κ2) is 5.85. The van der Waals surface area contributed by atoms with Crippen LogP contribution in [-0.2, 0) is 13.1 Å².